The molecule has 1 aromatic carbocycles. The highest BCUT2D eigenvalue weighted by molar-refractivity contribution is 5.95. The summed E-state index contributed by atoms with van der Waals surface area (Å²) in [6.45, 7) is 5.56. The van der Waals surface area contributed by atoms with E-state index in [1.165, 1.54) is 0 Å². The number of fused-ring (bicyclic) bond motifs is 1. The van der Waals surface area contributed by atoms with Crippen LogP contribution in [0.25, 0.3) is 11.0 Å². The highest BCUT2D eigenvalue weighted by Crippen LogP contribution is 2.54. The fraction of sp³-hybridized carbons (Fsp3) is 0.654. The molecule has 9 nitrogen and oxygen atoms in total. The molecule has 1 aromatic heterocycles. The van der Waals surface area contributed by atoms with Gasteiger partial charge in [-0.3, -0.25) is 9.59 Å². The number of morpholine rings is 1. The van der Waals surface area contributed by atoms with E-state index in [4.69, 9.17) is 14.5 Å². The predicted molar refractivity (Wildman–Crippen MR) is 132 cm³/mol. The van der Waals surface area contributed by atoms with E-state index in [1.54, 1.807) is 7.11 Å². The van der Waals surface area contributed by atoms with Crippen LogP contribution in [0.1, 0.15) is 36.3 Å². The minimum Gasteiger partial charge on any atom is -0.385 e. The van der Waals surface area contributed by atoms with Gasteiger partial charge in [0.05, 0.1) is 30.2 Å². The summed E-state index contributed by atoms with van der Waals surface area (Å²) in [5.74, 6) is 0.632. The summed E-state index contributed by atoms with van der Waals surface area (Å²) >= 11 is 0. The number of hydrogen-bond acceptors (Lipinski definition) is 6. The van der Waals surface area contributed by atoms with Crippen molar-refractivity contribution < 1.29 is 19.1 Å². The second-order valence-electron chi connectivity index (χ2n) is 10.2. The molecule has 2 aromatic rings. The number of benzene rings is 1. The van der Waals surface area contributed by atoms with Gasteiger partial charge in [-0.1, -0.05) is 12.1 Å². The number of nitrogens with zero attached hydrogens (tertiary/aromatic N) is 4. The van der Waals surface area contributed by atoms with Gasteiger partial charge in [-0.15, -0.1) is 0 Å². The maximum absolute atomic E-state index is 13.7. The van der Waals surface area contributed by atoms with Crippen LogP contribution < -0.4 is 5.32 Å². The van der Waals surface area contributed by atoms with Gasteiger partial charge in [0.15, 0.2) is 5.82 Å². The highest BCUT2D eigenvalue weighted by atomic mass is 16.5. The molecule has 1 saturated carbocycles. The van der Waals surface area contributed by atoms with Gasteiger partial charge in [-0.2, -0.15) is 0 Å². The molecule has 190 valence electrons. The second kappa shape index (κ2) is 10.2. The summed E-state index contributed by atoms with van der Waals surface area (Å²) in [7, 11) is 3.60. The van der Waals surface area contributed by atoms with Crippen LogP contribution in [0, 0.1) is 11.3 Å². The molecule has 3 fully saturated rings. The van der Waals surface area contributed by atoms with E-state index in [-0.39, 0.29) is 29.2 Å². The van der Waals surface area contributed by atoms with Crippen LogP contribution in [-0.4, -0.2) is 97.4 Å². The quantitative estimate of drug-likeness (QED) is 0.576. The average molecular weight is 484 g/mol. The Balaban J connectivity index is 1.29. The summed E-state index contributed by atoms with van der Waals surface area (Å²) in [4.78, 5) is 35.4. The van der Waals surface area contributed by atoms with Crippen LogP contribution in [-0.2, 0) is 20.8 Å². The Hall–Kier alpha value is -2.49. The van der Waals surface area contributed by atoms with Crippen molar-refractivity contribution in [2.24, 2.45) is 11.3 Å². The molecule has 9 heteroatoms. The Labute approximate surface area is 206 Å². The van der Waals surface area contributed by atoms with Crippen molar-refractivity contribution >= 4 is 22.8 Å². The fourth-order valence-electron chi connectivity index (χ4n) is 5.91. The zero-order valence-electron chi connectivity index (χ0n) is 20.9. The normalized spacial score (nSPS) is 26.3. The van der Waals surface area contributed by atoms with Crippen molar-refractivity contribution in [3.8, 4) is 0 Å². The minimum absolute atomic E-state index is 0.0371. The molecule has 3 heterocycles. The maximum Gasteiger partial charge on any atom is 0.289 e. The zero-order chi connectivity index (χ0) is 24.4. The minimum atomic E-state index is -0.0450. The van der Waals surface area contributed by atoms with E-state index in [0.29, 0.717) is 45.3 Å². The Kier molecular flexibility index (Phi) is 7.09. The number of para-hydroxylation sites is 2. The van der Waals surface area contributed by atoms with Crippen LogP contribution in [0.15, 0.2) is 24.3 Å². The molecule has 0 radical (unpaired) electrons. The molecule has 35 heavy (non-hydrogen) atoms. The Morgan fingerprint density at radius 3 is 2.83 bits per heavy atom. The van der Waals surface area contributed by atoms with Gasteiger partial charge in [-0.25, -0.2) is 4.98 Å². The summed E-state index contributed by atoms with van der Waals surface area (Å²) in [6.07, 6.45) is 3.60. The molecule has 2 aliphatic heterocycles. The van der Waals surface area contributed by atoms with Crippen LogP contribution >= 0.6 is 0 Å². The first kappa shape index (κ1) is 24.2. The van der Waals surface area contributed by atoms with Crippen LogP contribution in [0.2, 0.25) is 0 Å². The Morgan fingerprint density at radius 1 is 1.23 bits per heavy atom. The molecule has 3 aliphatic rings. The number of hydrogen-bond donors (Lipinski definition) is 1. The lowest BCUT2D eigenvalue weighted by atomic mass is 9.86. The van der Waals surface area contributed by atoms with Gasteiger partial charge in [-0.05, 0) is 37.8 Å². The third-order valence-corrected chi connectivity index (χ3v) is 7.95. The Bertz CT molecular complexity index is 1070. The molecule has 1 N–H and O–H groups in total. The van der Waals surface area contributed by atoms with Crippen molar-refractivity contribution in [1.82, 2.24) is 24.7 Å². The predicted octanol–water partition coefficient (Wildman–Crippen LogP) is 1.76. The van der Waals surface area contributed by atoms with Crippen molar-refractivity contribution in [2.45, 2.75) is 38.3 Å². The number of piperidine rings is 1. The molecule has 0 bridgehead atoms. The first-order valence-corrected chi connectivity index (χ1v) is 12.8. The van der Waals surface area contributed by atoms with E-state index < -0.39 is 0 Å². The number of methoxy groups -OCH3 is 1. The van der Waals surface area contributed by atoms with E-state index in [0.717, 1.165) is 49.8 Å². The third kappa shape index (κ3) is 4.81. The molecular weight excluding hydrogens is 446 g/mol. The number of aryl methyl sites for hydroxylation is 1. The zero-order valence-corrected chi connectivity index (χ0v) is 20.9. The monoisotopic (exact) mass is 483 g/mol. The molecule has 2 saturated heterocycles. The highest BCUT2D eigenvalue weighted by Gasteiger charge is 2.60. The first-order chi connectivity index (χ1) is 17.0. The number of ether oxygens (including phenoxy) is 2. The second-order valence-corrected chi connectivity index (χ2v) is 10.2. The number of imidazole rings is 1. The number of rotatable bonds is 8. The lowest BCUT2D eigenvalue weighted by Gasteiger charge is -2.36. The molecule has 5 rings (SSSR count). The number of nitrogens with one attached hydrogen (secondary N) is 1. The summed E-state index contributed by atoms with van der Waals surface area (Å²) in [5, 5.41) is 3.49. The van der Waals surface area contributed by atoms with Crippen LogP contribution in [0.4, 0.5) is 0 Å². The van der Waals surface area contributed by atoms with Gasteiger partial charge in [0, 0.05) is 64.9 Å². The topological polar surface area (TPSA) is 88.9 Å². The average Bonchev–Trinajstić information content (AvgIpc) is 3.45. The summed E-state index contributed by atoms with van der Waals surface area (Å²) in [6, 6.07) is 8.05. The standard InChI is InChI=1S/C26H37N5O4/c1-29(22-16-26(22)15-19(17-27-18-26)24(32)30-10-13-35-14-11-30)25(33)23-28-20-7-3-4-8-21(20)31(23)9-5-6-12-34-2/h3-4,7-8,19,22,27H,5-6,9-18H2,1-2H3/t19-,22?,26?/m1/s1. The van der Waals surface area contributed by atoms with Crippen molar-refractivity contribution in [3.05, 3.63) is 30.1 Å². The smallest absolute Gasteiger partial charge is 0.289 e. The largest absolute Gasteiger partial charge is 0.385 e. The number of carbonyl (C=O) groups is 2. The molecule has 2 amide bonds. The van der Waals surface area contributed by atoms with Crippen molar-refractivity contribution in [3.63, 3.8) is 0 Å². The van der Waals surface area contributed by atoms with Gasteiger partial charge >= 0.3 is 0 Å². The molecule has 3 atom stereocenters. The molecule has 1 spiro atoms. The molecular formula is C26H37N5O4. The summed E-state index contributed by atoms with van der Waals surface area (Å²) < 4.78 is 12.7. The van der Waals surface area contributed by atoms with Crippen LogP contribution in [0.3, 0.4) is 0 Å². The van der Waals surface area contributed by atoms with E-state index in [2.05, 4.69) is 9.88 Å². The molecule has 2 unspecified atom stereocenters. The first-order valence-electron chi connectivity index (χ1n) is 12.8. The maximum atomic E-state index is 13.7. The van der Waals surface area contributed by atoms with Gasteiger partial charge in [0.25, 0.3) is 5.91 Å². The van der Waals surface area contributed by atoms with Gasteiger partial charge < -0.3 is 29.2 Å². The van der Waals surface area contributed by atoms with Gasteiger partial charge in [0.1, 0.15) is 0 Å². The van der Waals surface area contributed by atoms with Crippen molar-refractivity contribution in [1.29, 1.82) is 0 Å². The van der Waals surface area contributed by atoms with Gasteiger partial charge in [0.2, 0.25) is 5.91 Å². The molecule has 1 aliphatic carbocycles. The summed E-state index contributed by atoms with van der Waals surface area (Å²) in [5.41, 5.74) is 1.80. The SMILES string of the molecule is COCCCCn1c(C(=O)N(C)C2CC23CNC[C@H](C(=O)N2CCOCC2)C3)nc2ccccc21. The van der Waals surface area contributed by atoms with Crippen molar-refractivity contribution in [2.75, 3.05) is 60.2 Å². The lowest BCUT2D eigenvalue weighted by Crippen LogP contribution is -2.50. The number of amides is 2. The van der Waals surface area contributed by atoms with E-state index in [1.807, 2.05) is 41.1 Å². The van der Waals surface area contributed by atoms with Crippen LogP contribution in [0.5, 0.6) is 0 Å². The van der Waals surface area contributed by atoms with E-state index in [9.17, 15) is 9.59 Å². The number of aromatic nitrogens is 2. The van der Waals surface area contributed by atoms with E-state index >= 15 is 0 Å². The lowest BCUT2D eigenvalue weighted by molar-refractivity contribution is -0.141. The third-order valence-electron chi connectivity index (χ3n) is 7.95. The number of unbranched alkanes of at least 4 members (excludes halogenated alkanes) is 1. The Morgan fingerprint density at radius 2 is 2.03 bits per heavy atom. The fourth-order valence-corrected chi connectivity index (χ4v) is 5.91. The number of carbonyl (C=O) groups excluding carboxylic acids is 2.